The second kappa shape index (κ2) is 4.52. The molecule has 0 unspecified atom stereocenters. The molecule has 16 heavy (non-hydrogen) atoms. The summed E-state index contributed by atoms with van der Waals surface area (Å²) in [4.78, 5) is 31.7. The van der Waals surface area contributed by atoms with Crippen molar-refractivity contribution in [1.29, 1.82) is 0 Å². The molecule has 0 aliphatic carbocycles. The third-order valence-electron chi connectivity index (χ3n) is 1.82. The first kappa shape index (κ1) is 11.8. The Kier molecular flexibility index (Phi) is 3.34. The van der Waals surface area contributed by atoms with Crippen molar-refractivity contribution >= 4 is 17.4 Å². The number of nitrogens with zero attached hydrogens (tertiary/aromatic N) is 1. The summed E-state index contributed by atoms with van der Waals surface area (Å²) in [5, 5.41) is 10.7. The highest BCUT2D eigenvalue weighted by Gasteiger charge is 2.18. The molecule has 0 saturated carbocycles. The van der Waals surface area contributed by atoms with Crippen molar-refractivity contribution in [2.45, 2.75) is 13.8 Å². The Morgan fingerprint density at radius 1 is 1.31 bits per heavy atom. The summed E-state index contributed by atoms with van der Waals surface area (Å²) in [6, 6.07) is 3.68. The van der Waals surface area contributed by atoms with Crippen LogP contribution in [0.15, 0.2) is 18.2 Å². The number of ether oxygens (including phenoxy) is 1. The molecule has 0 fully saturated rings. The van der Waals surface area contributed by atoms with Gasteiger partial charge in [-0.15, -0.1) is 0 Å². The number of carbonyl (C=O) groups excluding carboxylic acids is 2. The zero-order chi connectivity index (χ0) is 12.3. The molecule has 6 nitrogen and oxygen atoms in total. The van der Waals surface area contributed by atoms with Gasteiger partial charge >= 0.3 is 11.7 Å². The minimum absolute atomic E-state index is 0.164. The van der Waals surface area contributed by atoms with E-state index < -0.39 is 16.6 Å². The molecular formula is C10H9NO5. The predicted octanol–water partition coefficient (Wildman–Crippen LogP) is 1.72. The zero-order valence-electron chi connectivity index (χ0n) is 8.72. The minimum Gasteiger partial charge on any atom is -0.419 e. The summed E-state index contributed by atoms with van der Waals surface area (Å²) in [7, 11) is 0. The molecule has 0 radical (unpaired) electrons. The lowest BCUT2D eigenvalue weighted by Crippen LogP contribution is -2.05. The van der Waals surface area contributed by atoms with Crippen molar-refractivity contribution in [3.63, 3.8) is 0 Å². The van der Waals surface area contributed by atoms with Gasteiger partial charge < -0.3 is 4.74 Å². The Morgan fingerprint density at radius 2 is 1.94 bits per heavy atom. The summed E-state index contributed by atoms with van der Waals surface area (Å²) < 4.78 is 4.65. The molecule has 6 heteroatoms. The first-order valence-corrected chi connectivity index (χ1v) is 4.39. The Labute approximate surface area is 91.0 Å². The van der Waals surface area contributed by atoms with Gasteiger partial charge in [0.25, 0.3) is 0 Å². The second-order valence-electron chi connectivity index (χ2n) is 3.09. The highest BCUT2D eigenvalue weighted by molar-refractivity contribution is 5.95. The van der Waals surface area contributed by atoms with Crippen molar-refractivity contribution in [2.75, 3.05) is 0 Å². The van der Waals surface area contributed by atoms with Gasteiger partial charge in [-0.1, -0.05) is 0 Å². The average Bonchev–Trinajstić information content (AvgIpc) is 2.16. The van der Waals surface area contributed by atoms with Crippen LogP contribution in [-0.2, 0) is 4.79 Å². The van der Waals surface area contributed by atoms with Gasteiger partial charge in [0.2, 0.25) is 5.75 Å². The lowest BCUT2D eigenvalue weighted by atomic mass is 10.1. The molecule has 0 aromatic heterocycles. The van der Waals surface area contributed by atoms with Crippen molar-refractivity contribution in [3.05, 3.63) is 33.9 Å². The summed E-state index contributed by atoms with van der Waals surface area (Å²) in [5.74, 6) is -1.11. The molecule has 0 N–H and O–H groups in total. The maximum atomic E-state index is 11.0. The number of carbonyl (C=O) groups is 2. The molecule has 0 saturated heterocycles. The number of nitro groups is 1. The van der Waals surface area contributed by atoms with Crippen LogP contribution in [0.4, 0.5) is 5.69 Å². The number of Topliss-reactive ketones (excluding diaryl/α,β-unsaturated/α-hetero) is 1. The van der Waals surface area contributed by atoms with Gasteiger partial charge in [-0.3, -0.25) is 19.7 Å². The monoisotopic (exact) mass is 223 g/mol. The van der Waals surface area contributed by atoms with Crippen LogP contribution in [-0.4, -0.2) is 16.7 Å². The van der Waals surface area contributed by atoms with E-state index in [1.165, 1.54) is 19.1 Å². The number of esters is 1. The largest absolute Gasteiger partial charge is 0.419 e. The van der Waals surface area contributed by atoms with E-state index in [-0.39, 0.29) is 17.1 Å². The van der Waals surface area contributed by atoms with Gasteiger partial charge in [0.1, 0.15) is 0 Å². The number of nitro benzene ring substituents is 1. The summed E-state index contributed by atoms with van der Waals surface area (Å²) in [6.45, 7) is 2.44. The van der Waals surface area contributed by atoms with Crippen molar-refractivity contribution in [2.24, 2.45) is 0 Å². The minimum atomic E-state index is -0.704. The van der Waals surface area contributed by atoms with Gasteiger partial charge in [0, 0.05) is 18.6 Å². The van der Waals surface area contributed by atoms with Gasteiger partial charge in [0.15, 0.2) is 5.78 Å². The van der Waals surface area contributed by atoms with Crippen molar-refractivity contribution in [3.8, 4) is 5.75 Å². The zero-order valence-corrected chi connectivity index (χ0v) is 8.72. The Hall–Kier alpha value is -2.24. The van der Waals surface area contributed by atoms with Gasteiger partial charge in [-0.25, -0.2) is 0 Å². The Morgan fingerprint density at radius 3 is 2.38 bits per heavy atom. The fourth-order valence-corrected chi connectivity index (χ4v) is 1.12. The molecule has 0 spiro atoms. The van der Waals surface area contributed by atoms with Crippen LogP contribution in [0.2, 0.25) is 0 Å². The smallest absolute Gasteiger partial charge is 0.312 e. The molecule has 84 valence electrons. The highest BCUT2D eigenvalue weighted by atomic mass is 16.6. The van der Waals surface area contributed by atoms with Gasteiger partial charge in [-0.05, 0) is 19.1 Å². The predicted molar refractivity (Wildman–Crippen MR) is 54.4 cm³/mol. The molecular weight excluding hydrogens is 214 g/mol. The highest BCUT2D eigenvalue weighted by Crippen LogP contribution is 2.28. The number of hydrogen-bond acceptors (Lipinski definition) is 5. The van der Waals surface area contributed by atoms with Crippen LogP contribution in [0, 0.1) is 10.1 Å². The first-order chi connectivity index (χ1) is 7.41. The fraction of sp³-hybridized carbons (Fsp3) is 0.200. The quantitative estimate of drug-likeness (QED) is 0.256. The van der Waals surface area contributed by atoms with Gasteiger partial charge in [0.05, 0.1) is 4.92 Å². The van der Waals surface area contributed by atoms with E-state index >= 15 is 0 Å². The van der Waals surface area contributed by atoms with Gasteiger partial charge in [-0.2, -0.15) is 0 Å². The van der Waals surface area contributed by atoms with Crippen LogP contribution in [0.3, 0.4) is 0 Å². The summed E-state index contributed by atoms with van der Waals surface area (Å²) >= 11 is 0. The summed E-state index contributed by atoms with van der Waals surface area (Å²) in [5.41, 5.74) is -0.203. The van der Waals surface area contributed by atoms with E-state index in [0.717, 1.165) is 13.0 Å². The van der Waals surface area contributed by atoms with E-state index in [1.807, 2.05) is 0 Å². The first-order valence-electron chi connectivity index (χ1n) is 4.39. The third-order valence-corrected chi connectivity index (χ3v) is 1.82. The number of benzene rings is 1. The Balaban J connectivity index is 3.24. The summed E-state index contributed by atoms with van der Waals surface area (Å²) in [6.07, 6.45) is 0. The fourth-order valence-electron chi connectivity index (χ4n) is 1.12. The normalized spacial score (nSPS) is 9.62. The molecule has 1 rings (SSSR count). The molecule has 0 aliphatic heterocycles. The second-order valence-corrected chi connectivity index (χ2v) is 3.09. The number of ketones is 1. The SMILES string of the molecule is CC(=O)Oc1ccc(C(C)=O)cc1[N+](=O)[O-]. The Bertz CT molecular complexity index is 466. The number of hydrogen-bond donors (Lipinski definition) is 0. The third kappa shape index (κ3) is 2.63. The molecule has 0 aliphatic rings. The van der Waals surface area contributed by atoms with Crippen LogP contribution in [0.25, 0.3) is 0 Å². The lowest BCUT2D eigenvalue weighted by Gasteiger charge is -2.03. The van der Waals surface area contributed by atoms with Crippen LogP contribution >= 0.6 is 0 Å². The van der Waals surface area contributed by atoms with E-state index in [0.29, 0.717) is 0 Å². The molecule has 0 amide bonds. The van der Waals surface area contributed by atoms with E-state index in [9.17, 15) is 19.7 Å². The standard InChI is InChI=1S/C10H9NO5/c1-6(12)8-3-4-10(16-7(2)13)9(5-8)11(14)15/h3-5H,1-2H3. The molecule has 1 aromatic rings. The van der Waals surface area contributed by atoms with E-state index in [4.69, 9.17) is 0 Å². The lowest BCUT2D eigenvalue weighted by molar-refractivity contribution is -0.385. The topological polar surface area (TPSA) is 86.5 Å². The maximum Gasteiger partial charge on any atom is 0.312 e. The van der Waals surface area contributed by atoms with E-state index in [1.54, 1.807) is 0 Å². The molecule has 0 atom stereocenters. The van der Waals surface area contributed by atoms with Crippen LogP contribution in [0.1, 0.15) is 24.2 Å². The van der Waals surface area contributed by atoms with Crippen molar-refractivity contribution in [1.82, 2.24) is 0 Å². The number of rotatable bonds is 3. The average molecular weight is 223 g/mol. The van der Waals surface area contributed by atoms with Crippen LogP contribution < -0.4 is 4.74 Å². The molecule has 0 bridgehead atoms. The van der Waals surface area contributed by atoms with E-state index in [2.05, 4.69) is 4.74 Å². The molecule has 1 aromatic carbocycles. The van der Waals surface area contributed by atoms with Crippen molar-refractivity contribution < 1.29 is 19.2 Å². The van der Waals surface area contributed by atoms with Crippen LogP contribution in [0.5, 0.6) is 5.75 Å². The molecule has 0 heterocycles. The maximum absolute atomic E-state index is 11.0.